The standard InChI is InChI=1S/C25H22O4/c26-24(27)22-14-10-19(11-15-22)6-4-5-7-20-12-16-23(17-13-20)25(28)29-18-21-8-2-1-3-9-21/h1-4,6,8-17H,5,7,18H2,(H,26,27)/b6-4+. The molecule has 0 heterocycles. The predicted octanol–water partition coefficient (Wildman–Crippen LogP) is 5.39. The number of hydrogen-bond acceptors (Lipinski definition) is 3. The number of allylic oxidation sites excluding steroid dienone is 1. The van der Waals surface area contributed by atoms with Crippen molar-refractivity contribution in [2.24, 2.45) is 0 Å². The summed E-state index contributed by atoms with van der Waals surface area (Å²) < 4.78 is 5.34. The van der Waals surface area contributed by atoms with E-state index in [1.165, 1.54) is 0 Å². The molecule has 0 saturated carbocycles. The van der Waals surface area contributed by atoms with Gasteiger partial charge < -0.3 is 9.84 Å². The van der Waals surface area contributed by atoms with Crippen LogP contribution in [0.2, 0.25) is 0 Å². The molecule has 0 aliphatic heterocycles. The van der Waals surface area contributed by atoms with Crippen LogP contribution in [0.15, 0.2) is 84.9 Å². The van der Waals surface area contributed by atoms with E-state index in [2.05, 4.69) is 6.08 Å². The molecule has 3 aromatic rings. The number of carbonyl (C=O) groups is 2. The Bertz CT molecular complexity index is 972. The number of ether oxygens (including phenoxy) is 1. The Morgan fingerprint density at radius 2 is 1.45 bits per heavy atom. The van der Waals surface area contributed by atoms with Crippen molar-refractivity contribution in [1.29, 1.82) is 0 Å². The van der Waals surface area contributed by atoms with Crippen LogP contribution in [-0.2, 0) is 17.8 Å². The van der Waals surface area contributed by atoms with Crippen molar-refractivity contribution >= 4 is 18.0 Å². The highest BCUT2D eigenvalue weighted by molar-refractivity contribution is 5.89. The number of benzene rings is 3. The van der Waals surface area contributed by atoms with Gasteiger partial charge in [-0.2, -0.15) is 0 Å². The van der Waals surface area contributed by atoms with Gasteiger partial charge >= 0.3 is 11.9 Å². The van der Waals surface area contributed by atoms with Gasteiger partial charge in [0.2, 0.25) is 0 Å². The first kappa shape index (κ1) is 20.1. The highest BCUT2D eigenvalue weighted by Crippen LogP contribution is 2.11. The monoisotopic (exact) mass is 386 g/mol. The average Bonchev–Trinajstić information content (AvgIpc) is 2.76. The first-order valence-corrected chi connectivity index (χ1v) is 9.42. The molecule has 3 aromatic carbocycles. The Morgan fingerprint density at radius 1 is 0.793 bits per heavy atom. The largest absolute Gasteiger partial charge is 0.478 e. The molecule has 29 heavy (non-hydrogen) atoms. The van der Waals surface area contributed by atoms with Crippen LogP contribution >= 0.6 is 0 Å². The van der Waals surface area contributed by atoms with Crippen LogP contribution in [0, 0.1) is 0 Å². The lowest BCUT2D eigenvalue weighted by atomic mass is 10.1. The lowest BCUT2D eigenvalue weighted by molar-refractivity contribution is 0.0472. The topological polar surface area (TPSA) is 63.6 Å². The number of carboxylic acid groups (broad SMARTS) is 1. The van der Waals surface area contributed by atoms with Gasteiger partial charge in [-0.05, 0) is 53.8 Å². The summed E-state index contributed by atoms with van der Waals surface area (Å²) in [5, 5.41) is 8.90. The Balaban J connectivity index is 1.46. The molecular weight excluding hydrogens is 364 g/mol. The summed E-state index contributed by atoms with van der Waals surface area (Å²) in [5.74, 6) is -1.25. The minimum atomic E-state index is -0.923. The number of rotatable bonds is 8. The number of esters is 1. The van der Waals surface area contributed by atoms with Gasteiger partial charge in [0.15, 0.2) is 0 Å². The van der Waals surface area contributed by atoms with Crippen molar-refractivity contribution in [3.8, 4) is 0 Å². The maximum Gasteiger partial charge on any atom is 0.338 e. The van der Waals surface area contributed by atoms with Gasteiger partial charge in [-0.15, -0.1) is 0 Å². The van der Waals surface area contributed by atoms with Crippen molar-refractivity contribution in [2.75, 3.05) is 0 Å². The minimum absolute atomic E-state index is 0.264. The molecule has 0 saturated heterocycles. The third-order valence-electron chi connectivity index (χ3n) is 4.47. The minimum Gasteiger partial charge on any atom is -0.478 e. The molecule has 4 nitrogen and oxygen atoms in total. The molecule has 0 aliphatic rings. The van der Waals surface area contributed by atoms with Gasteiger partial charge in [-0.25, -0.2) is 9.59 Å². The van der Waals surface area contributed by atoms with E-state index in [1.54, 1.807) is 36.4 Å². The van der Waals surface area contributed by atoms with Gasteiger partial charge in [0.05, 0.1) is 11.1 Å². The fourth-order valence-corrected chi connectivity index (χ4v) is 2.82. The van der Waals surface area contributed by atoms with Crippen LogP contribution in [0.1, 0.15) is 43.8 Å². The Labute approximate surface area is 170 Å². The molecule has 0 spiro atoms. The molecule has 0 radical (unpaired) electrons. The summed E-state index contributed by atoms with van der Waals surface area (Å²) in [6.45, 7) is 0.264. The van der Waals surface area contributed by atoms with E-state index in [4.69, 9.17) is 9.84 Å². The third kappa shape index (κ3) is 6.18. The zero-order valence-electron chi connectivity index (χ0n) is 16.0. The van der Waals surface area contributed by atoms with Crippen molar-refractivity contribution in [1.82, 2.24) is 0 Å². The van der Waals surface area contributed by atoms with E-state index < -0.39 is 5.97 Å². The fraction of sp³-hybridized carbons (Fsp3) is 0.120. The van der Waals surface area contributed by atoms with Crippen LogP contribution in [-0.4, -0.2) is 17.0 Å². The van der Waals surface area contributed by atoms with E-state index in [-0.39, 0.29) is 18.1 Å². The van der Waals surface area contributed by atoms with Crippen LogP contribution < -0.4 is 0 Å². The van der Waals surface area contributed by atoms with E-state index in [0.29, 0.717) is 5.56 Å². The zero-order chi connectivity index (χ0) is 20.5. The summed E-state index contributed by atoms with van der Waals surface area (Å²) in [7, 11) is 0. The first-order valence-electron chi connectivity index (χ1n) is 9.42. The third-order valence-corrected chi connectivity index (χ3v) is 4.47. The van der Waals surface area contributed by atoms with Crippen LogP contribution in [0.3, 0.4) is 0 Å². The Hall–Kier alpha value is -3.66. The molecule has 0 unspecified atom stereocenters. The quantitative estimate of drug-likeness (QED) is 0.527. The molecule has 0 amide bonds. The number of hydrogen-bond donors (Lipinski definition) is 1. The fourth-order valence-electron chi connectivity index (χ4n) is 2.82. The summed E-state index contributed by atoms with van der Waals surface area (Å²) in [6.07, 6.45) is 5.72. The molecule has 0 bridgehead atoms. The number of aryl methyl sites for hydroxylation is 1. The summed E-state index contributed by atoms with van der Waals surface area (Å²) in [6, 6.07) is 23.8. The van der Waals surface area contributed by atoms with Crippen molar-refractivity contribution < 1.29 is 19.4 Å². The van der Waals surface area contributed by atoms with Crippen molar-refractivity contribution in [3.63, 3.8) is 0 Å². The SMILES string of the molecule is O=C(O)c1ccc(/C=C/CCc2ccc(C(=O)OCc3ccccc3)cc2)cc1. The number of aromatic carboxylic acids is 1. The summed E-state index contributed by atoms with van der Waals surface area (Å²) in [5.41, 5.74) is 3.88. The molecule has 0 aliphatic carbocycles. The van der Waals surface area contributed by atoms with Crippen LogP contribution in [0.5, 0.6) is 0 Å². The van der Waals surface area contributed by atoms with Crippen LogP contribution in [0.4, 0.5) is 0 Å². The second kappa shape index (κ2) is 10.0. The maximum absolute atomic E-state index is 12.1. The van der Waals surface area contributed by atoms with E-state index in [0.717, 1.165) is 29.5 Å². The Kier molecular flexibility index (Phi) is 6.95. The molecule has 146 valence electrons. The maximum atomic E-state index is 12.1. The normalized spacial score (nSPS) is 10.8. The van der Waals surface area contributed by atoms with E-state index in [9.17, 15) is 9.59 Å². The lowest BCUT2D eigenvalue weighted by Gasteiger charge is -2.06. The average molecular weight is 386 g/mol. The van der Waals surface area contributed by atoms with E-state index >= 15 is 0 Å². The molecule has 0 fully saturated rings. The first-order chi connectivity index (χ1) is 14.1. The molecular formula is C25H22O4. The van der Waals surface area contributed by atoms with Gasteiger partial charge in [0, 0.05) is 0 Å². The lowest BCUT2D eigenvalue weighted by Crippen LogP contribution is -2.05. The number of carboxylic acids is 1. The highest BCUT2D eigenvalue weighted by Gasteiger charge is 2.07. The second-order valence-corrected chi connectivity index (χ2v) is 6.63. The molecule has 1 N–H and O–H groups in total. The number of carbonyl (C=O) groups excluding carboxylic acids is 1. The Morgan fingerprint density at radius 3 is 2.10 bits per heavy atom. The predicted molar refractivity (Wildman–Crippen MR) is 113 cm³/mol. The summed E-state index contributed by atoms with van der Waals surface area (Å²) >= 11 is 0. The van der Waals surface area contributed by atoms with Gasteiger partial charge in [0.25, 0.3) is 0 Å². The second-order valence-electron chi connectivity index (χ2n) is 6.63. The van der Waals surface area contributed by atoms with Crippen LogP contribution in [0.25, 0.3) is 6.08 Å². The molecule has 0 atom stereocenters. The van der Waals surface area contributed by atoms with Crippen molar-refractivity contribution in [3.05, 3.63) is 113 Å². The van der Waals surface area contributed by atoms with Gasteiger partial charge in [-0.3, -0.25) is 0 Å². The molecule has 0 aromatic heterocycles. The molecule has 4 heteroatoms. The van der Waals surface area contributed by atoms with Gasteiger partial charge in [-0.1, -0.05) is 66.7 Å². The van der Waals surface area contributed by atoms with Crippen molar-refractivity contribution in [2.45, 2.75) is 19.4 Å². The van der Waals surface area contributed by atoms with Gasteiger partial charge in [0.1, 0.15) is 6.61 Å². The summed E-state index contributed by atoms with van der Waals surface area (Å²) in [4.78, 5) is 23.0. The zero-order valence-corrected chi connectivity index (χ0v) is 16.0. The molecule has 3 rings (SSSR count). The highest BCUT2D eigenvalue weighted by atomic mass is 16.5. The smallest absolute Gasteiger partial charge is 0.338 e. The van der Waals surface area contributed by atoms with E-state index in [1.807, 2.05) is 48.5 Å².